The van der Waals surface area contributed by atoms with Crippen LogP contribution in [0.2, 0.25) is 0 Å². The molecule has 172 valence electrons. The SMILES string of the molecule is Cc1ccccc1CSc1nnc(CN(C)Cc2cc3ccccc3[nH]2)n1C[C@@H]1CCCO1. The first kappa shape index (κ1) is 22.2. The molecule has 1 N–H and O–H groups in total. The van der Waals surface area contributed by atoms with E-state index in [0.717, 1.165) is 55.8 Å². The van der Waals surface area contributed by atoms with Gasteiger partial charge < -0.3 is 14.3 Å². The summed E-state index contributed by atoms with van der Waals surface area (Å²) >= 11 is 1.76. The first-order chi connectivity index (χ1) is 16.2. The van der Waals surface area contributed by atoms with Crippen LogP contribution in [-0.2, 0) is 30.1 Å². The van der Waals surface area contributed by atoms with Gasteiger partial charge in [0, 0.05) is 30.1 Å². The predicted octanol–water partition coefficient (Wildman–Crippen LogP) is 5.17. The Labute approximate surface area is 199 Å². The minimum absolute atomic E-state index is 0.247. The first-order valence-electron chi connectivity index (χ1n) is 11.6. The van der Waals surface area contributed by atoms with Gasteiger partial charge in [-0.15, -0.1) is 10.2 Å². The molecule has 1 aliphatic heterocycles. The maximum Gasteiger partial charge on any atom is 0.191 e. The van der Waals surface area contributed by atoms with Gasteiger partial charge in [0.05, 0.1) is 19.2 Å². The Morgan fingerprint density at radius 2 is 1.97 bits per heavy atom. The van der Waals surface area contributed by atoms with Crippen LogP contribution in [0.25, 0.3) is 10.9 Å². The lowest BCUT2D eigenvalue weighted by Gasteiger charge is -2.18. The Morgan fingerprint density at radius 1 is 1.12 bits per heavy atom. The second-order valence-corrected chi connectivity index (χ2v) is 9.86. The van der Waals surface area contributed by atoms with Crippen LogP contribution in [0, 0.1) is 6.92 Å². The van der Waals surface area contributed by atoms with E-state index in [2.05, 4.69) is 93.2 Å². The topological polar surface area (TPSA) is 59.0 Å². The van der Waals surface area contributed by atoms with Crippen molar-refractivity contribution in [3.05, 3.63) is 77.2 Å². The van der Waals surface area contributed by atoms with Crippen molar-refractivity contribution < 1.29 is 4.74 Å². The zero-order valence-electron chi connectivity index (χ0n) is 19.3. The van der Waals surface area contributed by atoms with Crippen molar-refractivity contribution in [2.75, 3.05) is 13.7 Å². The highest BCUT2D eigenvalue weighted by atomic mass is 32.2. The number of nitrogens with one attached hydrogen (secondary N) is 1. The molecule has 0 amide bonds. The standard InChI is InChI=1S/C26H31N5OS/c1-19-8-3-4-10-21(19)18-33-26-29-28-25(31(26)16-23-11-7-13-32-23)17-30(2)15-22-14-20-9-5-6-12-24(20)27-22/h3-6,8-10,12,14,23,27H,7,11,13,15-18H2,1-2H3/t23-/m0/s1. The number of hydrogen-bond acceptors (Lipinski definition) is 5. The summed E-state index contributed by atoms with van der Waals surface area (Å²) in [6, 6.07) is 19.2. The molecule has 4 aromatic rings. The molecule has 7 heteroatoms. The number of benzene rings is 2. The van der Waals surface area contributed by atoms with Crippen LogP contribution in [0.3, 0.4) is 0 Å². The summed E-state index contributed by atoms with van der Waals surface area (Å²) in [5, 5.41) is 11.4. The second kappa shape index (κ2) is 10.1. The van der Waals surface area contributed by atoms with E-state index >= 15 is 0 Å². The summed E-state index contributed by atoms with van der Waals surface area (Å²) in [5.41, 5.74) is 5.04. The number of thioether (sulfide) groups is 1. The van der Waals surface area contributed by atoms with E-state index in [1.807, 2.05) is 0 Å². The summed E-state index contributed by atoms with van der Waals surface area (Å²) in [7, 11) is 2.14. The summed E-state index contributed by atoms with van der Waals surface area (Å²) < 4.78 is 8.23. The first-order valence-corrected chi connectivity index (χ1v) is 12.6. The van der Waals surface area contributed by atoms with Crippen molar-refractivity contribution in [1.82, 2.24) is 24.6 Å². The molecule has 0 spiro atoms. The molecule has 1 atom stereocenters. The number of aromatic nitrogens is 4. The van der Waals surface area contributed by atoms with Crippen molar-refractivity contribution in [2.45, 2.75) is 56.4 Å². The highest BCUT2D eigenvalue weighted by molar-refractivity contribution is 7.98. The molecular formula is C26H31N5OS. The summed E-state index contributed by atoms with van der Waals surface area (Å²) in [6.07, 6.45) is 2.48. The van der Waals surface area contributed by atoms with Gasteiger partial charge in [0.1, 0.15) is 5.82 Å². The molecule has 1 fully saturated rings. The van der Waals surface area contributed by atoms with Crippen LogP contribution in [0.5, 0.6) is 0 Å². The molecule has 33 heavy (non-hydrogen) atoms. The van der Waals surface area contributed by atoms with E-state index in [-0.39, 0.29) is 6.10 Å². The van der Waals surface area contributed by atoms with E-state index in [4.69, 9.17) is 4.74 Å². The van der Waals surface area contributed by atoms with Crippen LogP contribution in [0.1, 0.15) is 35.5 Å². The van der Waals surface area contributed by atoms with Crippen LogP contribution in [0.15, 0.2) is 59.8 Å². The third-order valence-corrected chi connectivity index (χ3v) is 7.27. The van der Waals surface area contributed by atoms with Gasteiger partial charge in [-0.05, 0) is 55.5 Å². The number of H-pyrrole nitrogens is 1. The Hall–Kier alpha value is -2.61. The molecule has 3 heterocycles. The highest BCUT2D eigenvalue weighted by Crippen LogP contribution is 2.26. The predicted molar refractivity (Wildman–Crippen MR) is 133 cm³/mol. The van der Waals surface area contributed by atoms with Gasteiger partial charge in [-0.1, -0.05) is 54.2 Å². The number of rotatable bonds is 9. The van der Waals surface area contributed by atoms with Crippen molar-refractivity contribution >= 4 is 22.7 Å². The Balaban J connectivity index is 1.31. The van der Waals surface area contributed by atoms with Crippen molar-refractivity contribution in [3.8, 4) is 0 Å². The van der Waals surface area contributed by atoms with Gasteiger partial charge >= 0.3 is 0 Å². The molecule has 2 aromatic carbocycles. The molecule has 0 saturated carbocycles. The highest BCUT2D eigenvalue weighted by Gasteiger charge is 2.22. The van der Waals surface area contributed by atoms with Crippen molar-refractivity contribution in [1.29, 1.82) is 0 Å². The van der Waals surface area contributed by atoms with Crippen molar-refractivity contribution in [3.63, 3.8) is 0 Å². The second-order valence-electron chi connectivity index (χ2n) is 8.91. The molecular weight excluding hydrogens is 430 g/mol. The Morgan fingerprint density at radius 3 is 2.79 bits per heavy atom. The number of aromatic amines is 1. The molecule has 0 radical (unpaired) electrons. The van der Waals surface area contributed by atoms with Gasteiger partial charge in [0.25, 0.3) is 0 Å². The quantitative estimate of drug-likeness (QED) is 0.349. The average Bonchev–Trinajstić information content (AvgIpc) is 3.54. The maximum atomic E-state index is 5.95. The van der Waals surface area contributed by atoms with Crippen molar-refractivity contribution in [2.24, 2.45) is 0 Å². The maximum absolute atomic E-state index is 5.95. The normalized spacial score (nSPS) is 16.3. The van der Waals surface area contributed by atoms with E-state index in [1.165, 1.54) is 27.7 Å². The fraction of sp³-hybridized carbons (Fsp3) is 0.385. The molecule has 0 unspecified atom stereocenters. The number of nitrogens with zero attached hydrogens (tertiary/aromatic N) is 4. The number of para-hydroxylation sites is 1. The minimum atomic E-state index is 0.247. The fourth-order valence-corrected chi connectivity index (χ4v) is 5.48. The average molecular weight is 462 g/mol. The molecule has 0 bridgehead atoms. The minimum Gasteiger partial charge on any atom is -0.376 e. The lowest BCUT2D eigenvalue weighted by molar-refractivity contribution is 0.0934. The Kier molecular flexibility index (Phi) is 6.80. The van der Waals surface area contributed by atoms with Crippen LogP contribution in [0.4, 0.5) is 0 Å². The molecule has 0 aliphatic carbocycles. The molecule has 5 rings (SSSR count). The zero-order valence-corrected chi connectivity index (χ0v) is 20.1. The van der Waals surface area contributed by atoms with E-state index in [9.17, 15) is 0 Å². The van der Waals surface area contributed by atoms with E-state index in [1.54, 1.807) is 11.8 Å². The van der Waals surface area contributed by atoms with Gasteiger partial charge in [0.2, 0.25) is 0 Å². The van der Waals surface area contributed by atoms with Crippen LogP contribution >= 0.6 is 11.8 Å². The fourth-order valence-electron chi connectivity index (χ4n) is 4.44. The Bertz CT molecular complexity index is 1180. The smallest absolute Gasteiger partial charge is 0.191 e. The third-order valence-electron chi connectivity index (χ3n) is 6.26. The van der Waals surface area contributed by atoms with Gasteiger partial charge in [-0.2, -0.15) is 0 Å². The lowest BCUT2D eigenvalue weighted by Crippen LogP contribution is -2.23. The monoisotopic (exact) mass is 461 g/mol. The number of ether oxygens (including phenoxy) is 1. The molecule has 2 aromatic heterocycles. The summed E-state index contributed by atoms with van der Waals surface area (Å²) in [4.78, 5) is 5.81. The molecule has 1 aliphatic rings. The molecule has 6 nitrogen and oxygen atoms in total. The number of fused-ring (bicyclic) bond motifs is 1. The third kappa shape index (κ3) is 5.32. The summed E-state index contributed by atoms with van der Waals surface area (Å²) in [6.45, 7) is 5.40. The van der Waals surface area contributed by atoms with Gasteiger partial charge in [-0.25, -0.2) is 0 Å². The number of aryl methyl sites for hydroxylation is 1. The van der Waals surface area contributed by atoms with Crippen LogP contribution in [-0.4, -0.2) is 44.4 Å². The summed E-state index contributed by atoms with van der Waals surface area (Å²) in [5.74, 6) is 1.89. The van der Waals surface area contributed by atoms with Crippen LogP contribution < -0.4 is 0 Å². The van der Waals surface area contributed by atoms with Gasteiger partial charge in [0.15, 0.2) is 5.16 Å². The van der Waals surface area contributed by atoms with E-state index < -0.39 is 0 Å². The molecule has 1 saturated heterocycles. The largest absolute Gasteiger partial charge is 0.376 e. The number of hydrogen-bond donors (Lipinski definition) is 1. The van der Waals surface area contributed by atoms with E-state index in [0.29, 0.717) is 0 Å². The lowest BCUT2D eigenvalue weighted by atomic mass is 10.1. The van der Waals surface area contributed by atoms with Gasteiger partial charge in [-0.3, -0.25) is 4.90 Å². The zero-order chi connectivity index (χ0) is 22.6.